The Hall–Kier alpha value is -3.73. The minimum atomic E-state index is 0.578. The van der Waals surface area contributed by atoms with Crippen molar-refractivity contribution in [2.45, 2.75) is 111 Å². The third kappa shape index (κ3) is 7.31. The first kappa shape index (κ1) is 38.3. The predicted molar refractivity (Wildman–Crippen MR) is 191 cm³/mol. The summed E-state index contributed by atoms with van der Waals surface area (Å²) in [7, 11) is 3.30. The van der Waals surface area contributed by atoms with E-state index in [0.29, 0.717) is 29.0 Å². The smallest absolute Gasteiger partial charge is 0.167 e. The zero-order chi connectivity index (χ0) is 34.0. The Bertz CT molecular complexity index is 1440. The SMILES string of the molecule is CC.CC.CC.COc1ccc(-c2nc(-c3c(C)c(C)c(C)c(C)c3C)nc(-c3c(C)c(C)c(C)c(C)c3C)n2)c(OC)c1. The molecule has 3 aromatic carbocycles. The molecule has 0 atom stereocenters. The van der Waals surface area contributed by atoms with E-state index in [1.807, 2.05) is 59.7 Å². The first-order valence-corrected chi connectivity index (χ1v) is 16.1. The lowest BCUT2D eigenvalue weighted by molar-refractivity contribution is 0.395. The van der Waals surface area contributed by atoms with E-state index in [2.05, 4.69) is 69.2 Å². The van der Waals surface area contributed by atoms with E-state index in [-0.39, 0.29) is 0 Å². The van der Waals surface area contributed by atoms with Crippen molar-refractivity contribution in [1.29, 1.82) is 0 Å². The number of benzene rings is 3. The van der Waals surface area contributed by atoms with E-state index in [1.54, 1.807) is 14.2 Å². The highest BCUT2D eigenvalue weighted by Crippen LogP contribution is 2.38. The van der Waals surface area contributed by atoms with Gasteiger partial charge < -0.3 is 9.47 Å². The van der Waals surface area contributed by atoms with Gasteiger partial charge in [0.05, 0.1) is 19.8 Å². The fourth-order valence-corrected chi connectivity index (χ4v) is 5.37. The minimum Gasteiger partial charge on any atom is -0.497 e. The van der Waals surface area contributed by atoms with Crippen LogP contribution in [0.3, 0.4) is 0 Å². The van der Waals surface area contributed by atoms with Crippen molar-refractivity contribution in [2.75, 3.05) is 14.2 Å². The van der Waals surface area contributed by atoms with Crippen LogP contribution in [0.2, 0.25) is 0 Å². The molecule has 0 saturated carbocycles. The van der Waals surface area contributed by atoms with Gasteiger partial charge in [0.1, 0.15) is 11.5 Å². The van der Waals surface area contributed by atoms with Crippen LogP contribution in [0.15, 0.2) is 18.2 Å². The normalized spacial score (nSPS) is 10.0. The molecule has 0 fully saturated rings. The van der Waals surface area contributed by atoms with Gasteiger partial charge in [-0.3, -0.25) is 0 Å². The maximum atomic E-state index is 5.76. The van der Waals surface area contributed by atoms with Crippen LogP contribution in [-0.2, 0) is 0 Å². The van der Waals surface area contributed by atoms with Gasteiger partial charge in [0.15, 0.2) is 17.5 Å². The van der Waals surface area contributed by atoms with Crippen molar-refractivity contribution in [3.05, 3.63) is 73.8 Å². The average molecular weight is 600 g/mol. The van der Waals surface area contributed by atoms with Gasteiger partial charge in [0.25, 0.3) is 0 Å². The van der Waals surface area contributed by atoms with E-state index in [4.69, 9.17) is 24.4 Å². The van der Waals surface area contributed by atoms with Gasteiger partial charge in [-0.2, -0.15) is 0 Å². The number of ether oxygens (including phenoxy) is 2. The van der Waals surface area contributed by atoms with Gasteiger partial charge in [-0.25, -0.2) is 15.0 Å². The molecular weight excluding hydrogens is 542 g/mol. The van der Waals surface area contributed by atoms with Crippen LogP contribution >= 0.6 is 0 Å². The van der Waals surface area contributed by atoms with Crippen LogP contribution in [0.5, 0.6) is 11.5 Å². The Morgan fingerprint density at radius 3 is 1.05 bits per heavy atom. The van der Waals surface area contributed by atoms with E-state index in [0.717, 1.165) is 16.7 Å². The van der Waals surface area contributed by atoms with Gasteiger partial charge in [-0.05, 0) is 137 Å². The standard InChI is InChI=1S/C33H39N3O2.3C2H6/c1-16-18(3)22(7)29(23(8)19(16)4)32-34-31(27-14-13-26(37-11)15-28(27)38-12)35-33(36-32)30-24(9)20(5)17(2)21(6)25(30)10;3*1-2/h13-15H,1-12H3;3*1-2H3. The van der Waals surface area contributed by atoms with Gasteiger partial charge in [0.2, 0.25) is 0 Å². The molecule has 0 aliphatic rings. The van der Waals surface area contributed by atoms with Crippen LogP contribution in [0.25, 0.3) is 34.2 Å². The first-order chi connectivity index (χ1) is 20.9. The molecule has 0 bridgehead atoms. The molecule has 1 heterocycles. The Labute approximate surface area is 268 Å². The molecule has 0 N–H and O–H groups in total. The van der Waals surface area contributed by atoms with Crippen molar-refractivity contribution < 1.29 is 9.47 Å². The number of nitrogens with zero attached hydrogens (tertiary/aromatic N) is 3. The third-order valence-corrected chi connectivity index (χ3v) is 8.73. The molecule has 0 spiro atoms. The second-order valence-corrected chi connectivity index (χ2v) is 10.4. The number of rotatable bonds is 5. The third-order valence-electron chi connectivity index (χ3n) is 8.73. The Kier molecular flexibility index (Phi) is 14.7. The van der Waals surface area contributed by atoms with Crippen molar-refractivity contribution in [2.24, 2.45) is 0 Å². The summed E-state index contributed by atoms with van der Waals surface area (Å²) >= 11 is 0. The van der Waals surface area contributed by atoms with E-state index < -0.39 is 0 Å². The predicted octanol–water partition coefficient (Wildman–Crippen LogP) is 11.1. The molecule has 1 aromatic heterocycles. The molecule has 0 saturated heterocycles. The van der Waals surface area contributed by atoms with Gasteiger partial charge in [-0.1, -0.05) is 41.5 Å². The van der Waals surface area contributed by atoms with E-state index in [9.17, 15) is 0 Å². The van der Waals surface area contributed by atoms with Crippen molar-refractivity contribution in [3.63, 3.8) is 0 Å². The molecular formula is C39H57N3O2. The van der Waals surface area contributed by atoms with Crippen molar-refractivity contribution >= 4 is 0 Å². The highest BCUT2D eigenvalue weighted by atomic mass is 16.5. The molecule has 0 aliphatic heterocycles. The summed E-state index contributed by atoms with van der Waals surface area (Å²) < 4.78 is 11.2. The fourth-order valence-electron chi connectivity index (χ4n) is 5.37. The van der Waals surface area contributed by atoms with E-state index in [1.165, 1.54) is 55.6 Å². The zero-order valence-corrected chi connectivity index (χ0v) is 30.9. The van der Waals surface area contributed by atoms with Gasteiger partial charge in [0, 0.05) is 17.2 Å². The molecule has 0 aliphatic carbocycles. The molecule has 44 heavy (non-hydrogen) atoms. The van der Waals surface area contributed by atoms with Gasteiger partial charge in [-0.15, -0.1) is 0 Å². The zero-order valence-electron chi connectivity index (χ0n) is 30.9. The van der Waals surface area contributed by atoms with Crippen molar-refractivity contribution in [3.8, 4) is 45.7 Å². The van der Waals surface area contributed by atoms with Crippen LogP contribution < -0.4 is 9.47 Å². The van der Waals surface area contributed by atoms with Crippen LogP contribution in [-0.4, -0.2) is 29.2 Å². The van der Waals surface area contributed by atoms with Crippen LogP contribution in [0.1, 0.15) is 97.2 Å². The Morgan fingerprint density at radius 1 is 0.409 bits per heavy atom. The first-order valence-electron chi connectivity index (χ1n) is 16.1. The Morgan fingerprint density at radius 2 is 0.727 bits per heavy atom. The maximum Gasteiger partial charge on any atom is 0.167 e. The molecule has 4 rings (SSSR count). The second-order valence-electron chi connectivity index (χ2n) is 10.4. The quantitative estimate of drug-likeness (QED) is 0.228. The summed E-state index contributed by atoms with van der Waals surface area (Å²) in [6.07, 6.45) is 0. The Balaban J connectivity index is 0.00000152. The summed E-state index contributed by atoms with van der Waals surface area (Å²) in [5, 5.41) is 0. The maximum absolute atomic E-state index is 5.76. The highest BCUT2D eigenvalue weighted by molar-refractivity contribution is 5.77. The largest absolute Gasteiger partial charge is 0.497 e. The summed E-state index contributed by atoms with van der Waals surface area (Å²) in [5.41, 5.74) is 15.4. The molecule has 0 unspecified atom stereocenters. The molecule has 0 radical (unpaired) electrons. The summed E-state index contributed by atoms with van der Waals surface area (Å²) in [6, 6.07) is 5.73. The minimum absolute atomic E-state index is 0.578. The summed E-state index contributed by atoms with van der Waals surface area (Å²) in [5.74, 6) is 3.31. The van der Waals surface area contributed by atoms with Crippen molar-refractivity contribution in [1.82, 2.24) is 15.0 Å². The topological polar surface area (TPSA) is 57.1 Å². The fraction of sp³-hybridized carbons (Fsp3) is 0.462. The summed E-state index contributed by atoms with van der Waals surface area (Å²) in [6.45, 7) is 33.7. The highest BCUT2D eigenvalue weighted by Gasteiger charge is 2.23. The second kappa shape index (κ2) is 16.9. The molecule has 0 amide bonds. The van der Waals surface area contributed by atoms with Crippen LogP contribution in [0, 0.1) is 69.2 Å². The summed E-state index contributed by atoms with van der Waals surface area (Å²) in [4.78, 5) is 15.3. The molecule has 5 heteroatoms. The molecule has 4 aromatic rings. The monoisotopic (exact) mass is 599 g/mol. The van der Waals surface area contributed by atoms with E-state index >= 15 is 0 Å². The van der Waals surface area contributed by atoms with Crippen LogP contribution in [0.4, 0.5) is 0 Å². The number of hydrogen-bond donors (Lipinski definition) is 0. The average Bonchev–Trinajstić information content (AvgIpc) is 3.07. The molecule has 5 nitrogen and oxygen atoms in total. The molecule has 240 valence electrons. The lowest BCUT2D eigenvalue weighted by Crippen LogP contribution is -2.08. The number of aromatic nitrogens is 3. The lowest BCUT2D eigenvalue weighted by Gasteiger charge is -2.21. The van der Waals surface area contributed by atoms with Gasteiger partial charge >= 0.3 is 0 Å². The number of hydrogen-bond acceptors (Lipinski definition) is 5. The number of methoxy groups -OCH3 is 2. The lowest BCUT2D eigenvalue weighted by atomic mass is 9.88.